The van der Waals surface area contributed by atoms with Crippen molar-refractivity contribution < 1.29 is 18.0 Å². The van der Waals surface area contributed by atoms with E-state index in [2.05, 4.69) is 21.3 Å². The number of nitrogens with zero attached hydrogens (tertiary/aromatic N) is 5. The van der Waals surface area contributed by atoms with Gasteiger partial charge in [0.2, 0.25) is 0 Å². The smallest absolute Gasteiger partial charge is 0.366 e. The lowest BCUT2D eigenvalue weighted by Crippen LogP contribution is -2.42. The highest BCUT2D eigenvalue weighted by molar-refractivity contribution is 6.08. The molecule has 0 unspecified atom stereocenters. The summed E-state index contributed by atoms with van der Waals surface area (Å²) < 4.78 is 39.0. The lowest BCUT2D eigenvalue weighted by atomic mass is 9.99. The highest BCUT2D eigenvalue weighted by Gasteiger charge is 2.33. The molecule has 1 amide bonds. The Balaban J connectivity index is 1.35. The number of benzene rings is 2. The maximum atomic E-state index is 14.3. The van der Waals surface area contributed by atoms with Gasteiger partial charge in [0.15, 0.2) is 0 Å². The zero-order chi connectivity index (χ0) is 30.0. The number of rotatable bonds is 7. The molecule has 220 valence electrons. The quantitative estimate of drug-likeness (QED) is 0.267. The molecule has 2 fully saturated rings. The van der Waals surface area contributed by atoms with Gasteiger partial charge in [-0.3, -0.25) is 4.79 Å². The Kier molecular flexibility index (Phi) is 8.00. The second-order valence-corrected chi connectivity index (χ2v) is 11.1. The molecule has 0 bridgehead atoms. The van der Waals surface area contributed by atoms with Gasteiger partial charge in [0.25, 0.3) is 5.91 Å². The maximum Gasteiger partial charge on any atom is 0.416 e. The van der Waals surface area contributed by atoms with E-state index in [0.717, 1.165) is 50.2 Å². The van der Waals surface area contributed by atoms with Crippen LogP contribution in [0, 0.1) is 11.3 Å². The van der Waals surface area contributed by atoms with Crippen LogP contribution >= 0.6 is 0 Å². The number of halogens is 3. The molecule has 2 saturated heterocycles. The molecule has 10 heteroatoms. The molecule has 2 aromatic carbocycles. The number of anilines is 1. The molecule has 2 aromatic heterocycles. The Labute approximate surface area is 248 Å². The number of nitriles is 1. The van der Waals surface area contributed by atoms with E-state index in [9.17, 15) is 23.2 Å². The van der Waals surface area contributed by atoms with E-state index in [1.165, 1.54) is 25.0 Å². The summed E-state index contributed by atoms with van der Waals surface area (Å²) in [7, 11) is 0. The minimum atomic E-state index is -4.40. The molecule has 0 saturated carbocycles. The second kappa shape index (κ2) is 12.0. The number of carbonyl (C=O) groups excluding carboxylic acids is 1. The third kappa shape index (κ3) is 6.18. The van der Waals surface area contributed by atoms with Crippen molar-refractivity contribution in [1.82, 2.24) is 19.8 Å². The minimum absolute atomic E-state index is 0.0736. The fourth-order valence-electron chi connectivity index (χ4n) is 6.10. The molecule has 0 aliphatic carbocycles. The van der Waals surface area contributed by atoms with Gasteiger partial charge in [0, 0.05) is 42.8 Å². The predicted molar refractivity (Wildman–Crippen MR) is 158 cm³/mol. The average molecular weight is 585 g/mol. The zero-order valence-electron chi connectivity index (χ0n) is 23.6. The molecule has 1 atom stereocenters. The highest BCUT2D eigenvalue weighted by atomic mass is 19.4. The van der Waals surface area contributed by atoms with Crippen LogP contribution < -0.4 is 5.32 Å². The van der Waals surface area contributed by atoms with Crippen molar-refractivity contribution >= 4 is 22.6 Å². The van der Waals surface area contributed by atoms with Gasteiger partial charge in [-0.25, -0.2) is 9.97 Å². The van der Waals surface area contributed by atoms with E-state index in [1.807, 2.05) is 29.2 Å². The number of fused-ring (bicyclic) bond motifs is 1. The normalized spacial score (nSPS) is 17.3. The van der Waals surface area contributed by atoms with Crippen LogP contribution in [0.1, 0.15) is 52.9 Å². The van der Waals surface area contributed by atoms with Crippen molar-refractivity contribution in [2.24, 2.45) is 0 Å². The number of alkyl halides is 3. The zero-order valence-corrected chi connectivity index (χ0v) is 23.6. The topological polar surface area (TPSA) is 85.1 Å². The minimum Gasteiger partial charge on any atom is -0.366 e. The highest BCUT2D eigenvalue weighted by Crippen LogP contribution is 2.32. The number of aromatic nitrogens is 2. The van der Waals surface area contributed by atoms with E-state index in [4.69, 9.17) is 4.98 Å². The summed E-state index contributed by atoms with van der Waals surface area (Å²) in [5.74, 6) is 0.383. The van der Waals surface area contributed by atoms with Crippen LogP contribution in [0.25, 0.3) is 22.0 Å². The van der Waals surface area contributed by atoms with Crippen molar-refractivity contribution in [2.75, 3.05) is 31.5 Å². The number of amides is 1. The largest absolute Gasteiger partial charge is 0.416 e. The molecule has 2 aliphatic heterocycles. The summed E-state index contributed by atoms with van der Waals surface area (Å²) >= 11 is 0. The summed E-state index contributed by atoms with van der Waals surface area (Å²) in [6.07, 6.45) is 1.44. The fourth-order valence-corrected chi connectivity index (χ4v) is 6.10. The first-order chi connectivity index (χ1) is 20.8. The molecule has 7 nitrogen and oxygen atoms in total. The number of pyridine rings is 2. The number of hydrogen-bond donors (Lipinski definition) is 1. The summed E-state index contributed by atoms with van der Waals surface area (Å²) in [5.41, 5.74) is 2.77. The monoisotopic (exact) mass is 584 g/mol. The van der Waals surface area contributed by atoms with Crippen LogP contribution in [0.2, 0.25) is 0 Å². The maximum absolute atomic E-state index is 14.3. The first-order valence-electron chi connectivity index (χ1n) is 14.5. The number of carbonyl (C=O) groups is 1. The van der Waals surface area contributed by atoms with E-state index in [0.29, 0.717) is 45.6 Å². The van der Waals surface area contributed by atoms with Gasteiger partial charge in [-0.2, -0.15) is 18.4 Å². The summed E-state index contributed by atoms with van der Waals surface area (Å²) in [4.78, 5) is 27.6. The fraction of sp³-hybridized carbons (Fsp3) is 0.333. The molecule has 0 radical (unpaired) electrons. The summed E-state index contributed by atoms with van der Waals surface area (Å²) in [5, 5.41) is 13.5. The Bertz CT molecular complexity index is 1680. The first-order valence-corrected chi connectivity index (χ1v) is 14.5. The van der Waals surface area contributed by atoms with Crippen molar-refractivity contribution in [1.29, 1.82) is 5.26 Å². The predicted octanol–water partition coefficient (Wildman–Crippen LogP) is 6.50. The molecular formula is C33H31F3N6O. The van der Waals surface area contributed by atoms with E-state index in [1.54, 1.807) is 18.3 Å². The third-order valence-electron chi connectivity index (χ3n) is 8.32. The third-order valence-corrected chi connectivity index (χ3v) is 8.32. The Morgan fingerprint density at radius 1 is 1.02 bits per heavy atom. The van der Waals surface area contributed by atoms with Crippen molar-refractivity contribution in [2.45, 2.75) is 44.4 Å². The Morgan fingerprint density at radius 3 is 2.56 bits per heavy atom. The molecule has 4 aromatic rings. The van der Waals surface area contributed by atoms with Gasteiger partial charge in [0.05, 0.1) is 16.6 Å². The lowest BCUT2D eigenvalue weighted by Gasteiger charge is -2.29. The van der Waals surface area contributed by atoms with Crippen LogP contribution in [0.4, 0.5) is 19.0 Å². The molecule has 1 N–H and O–H groups in total. The van der Waals surface area contributed by atoms with Crippen LogP contribution in [0.5, 0.6) is 0 Å². The van der Waals surface area contributed by atoms with Gasteiger partial charge in [0.1, 0.15) is 17.6 Å². The molecule has 0 spiro atoms. The second-order valence-electron chi connectivity index (χ2n) is 11.1. The molecule has 6 rings (SSSR count). The van der Waals surface area contributed by atoms with Crippen molar-refractivity contribution in [3.05, 3.63) is 89.2 Å². The van der Waals surface area contributed by atoms with Crippen molar-refractivity contribution in [3.63, 3.8) is 0 Å². The Morgan fingerprint density at radius 2 is 1.81 bits per heavy atom. The molecular weight excluding hydrogens is 553 g/mol. The molecule has 2 aliphatic rings. The van der Waals surface area contributed by atoms with Gasteiger partial charge in [-0.1, -0.05) is 18.2 Å². The average Bonchev–Trinajstić information content (AvgIpc) is 3.71. The van der Waals surface area contributed by atoms with Crippen LogP contribution in [-0.4, -0.2) is 57.9 Å². The van der Waals surface area contributed by atoms with Gasteiger partial charge in [-0.15, -0.1) is 0 Å². The van der Waals surface area contributed by atoms with Crippen LogP contribution in [0.15, 0.2) is 66.9 Å². The Hall–Kier alpha value is -4.49. The number of nitrogens with one attached hydrogen (secondary N) is 1. The van der Waals surface area contributed by atoms with Crippen LogP contribution in [0.3, 0.4) is 0 Å². The van der Waals surface area contributed by atoms with Gasteiger partial charge in [-0.05, 0) is 92.4 Å². The SMILES string of the molecule is N#Cc1ncccc1-c1ccc2nc(NCc3ccc(C(F)(F)F)cc3)cc(C(=O)N3CCC[C@H]3CN3CCCC3)c2c1. The van der Waals surface area contributed by atoms with Crippen LogP contribution in [-0.2, 0) is 12.7 Å². The van der Waals surface area contributed by atoms with Gasteiger partial charge >= 0.3 is 6.18 Å². The molecule has 4 heterocycles. The van der Waals surface area contributed by atoms with E-state index >= 15 is 0 Å². The standard InChI is InChI=1S/C33H31F3N6O/c34-33(35,36)24-10-7-22(8-11-24)20-39-31-18-28(32(43)42-16-4-5-25(42)21-41-14-1-2-15-41)27-17-23(9-12-29(27)40-31)26-6-3-13-38-30(26)19-37/h3,6-13,17-18,25H,1-2,4-5,14-16,20-21H2,(H,39,40)/t25-/m0/s1. The first kappa shape index (κ1) is 28.6. The summed E-state index contributed by atoms with van der Waals surface area (Å²) in [6, 6.07) is 18.1. The van der Waals surface area contributed by atoms with E-state index in [-0.39, 0.29) is 18.5 Å². The lowest BCUT2D eigenvalue weighted by molar-refractivity contribution is -0.137. The number of hydrogen-bond acceptors (Lipinski definition) is 6. The van der Waals surface area contributed by atoms with Crippen molar-refractivity contribution in [3.8, 4) is 17.2 Å². The number of likely N-dealkylation sites (tertiary alicyclic amines) is 2. The summed E-state index contributed by atoms with van der Waals surface area (Å²) in [6.45, 7) is 3.90. The van der Waals surface area contributed by atoms with E-state index < -0.39 is 11.7 Å². The van der Waals surface area contributed by atoms with Gasteiger partial charge < -0.3 is 15.1 Å². The molecule has 43 heavy (non-hydrogen) atoms.